The molecule has 0 radical (unpaired) electrons. The highest BCUT2D eigenvalue weighted by Crippen LogP contribution is 2.21. The van der Waals surface area contributed by atoms with E-state index in [0.29, 0.717) is 0 Å². The summed E-state index contributed by atoms with van der Waals surface area (Å²) >= 11 is 9.40. The van der Waals surface area contributed by atoms with Crippen LogP contribution in [0.15, 0.2) is 41.4 Å². The van der Waals surface area contributed by atoms with E-state index in [-0.39, 0.29) is 0 Å². The van der Waals surface area contributed by atoms with Gasteiger partial charge >= 0.3 is 0 Å². The van der Waals surface area contributed by atoms with Gasteiger partial charge in [0.05, 0.1) is 6.33 Å². The molecule has 0 saturated carbocycles. The Labute approximate surface area is 95.7 Å². The van der Waals surface area contributed by atoms with Crippen LogP contribution in [0.5, 0.6) is 0 Å². The van der Waals surface area contributed by atoms with Gasteiger partial charge in [-0.15, -0.1) is 0 Å². The van der Waals surface area contributed by atoms with Crippen LogP contribution < -0.4 is 0 Å². The van der Waals surface area contributed by atoms with Crippen molar-refractivity contribution in [2.75, 3.05) is 0 Å². The quantitative estimate of drug-likeness (QED) is 0.819. The van der Waals surface area contributed by atoms with Crippen molar-refractivity contribution in [2.24, 2.45) is 0 Å². The second kappa shape index (κ2) is 4.15. The van der Waals surface area contributed by atoms with Gasteiger partial charge in [-0.1, -0.05) is 27.5 Å². The second-order valence-corrected chi connectivity index (χ2v) is 4.26. The molecule has 0 bridgehead atoms. The van der Waals surface area contributed by atoms with Crippen LogP contribution in [0.3, 0.4) is 0 Å². The fourth-order valence-corrected chi connectivity index (χ4v) is 1.81. The highest BCUT2D eigenvalue weighted by molar-refractivity contribution is 9.10. The van der Waals surface area contributed by atoms with Gasteiger partial charge in [0.15, 0.2) is 0 Å². The van der Waals surface area contributed by atoms with Crippen molar-refractivity contribution in [1.29, 1.82) is 0 Å². The molecule has 72 valence electrons. The Balaban J connectivity index is 2.28. The van der Waals surface area contributed by atoms with Crippen molar-refractivity contribution >= 4 is 27.5 Å². The van der Waals surface area contributed by atoms with E-state index >= 15 is 0 Å². The van der Waals surface area contributed by atoms with Gasteiger partial charge in [0.25, 0.3) is 0 Å². The lowest BCUT2D eigenvalue weighted by atomic mass is 10.2. The average molecular weight is 272 g/mol. The molecular weight excluding hydrogens is 263 g/mol. The van der Waals surface area contributed by atoms with Crippen LogP contribution in [0.2, 0.25) is 5.02 Å². The van der Waals surface area contributed by atoms with Crippen LogP contribution in [-0.2, 0) is 6.54 Å². The highest BCUT2D eigenvalue weighted by atomic mass is 79.9. The molecule has 2 nitrogen and oxygen atoms in total. The summed E-state index contributed by atoms with van der Waals surface area (Å²) in [6.45, 7) is 0.779. The summed E-state index contributed by atoms with van der Waals surface area (Å²) in [5.74, 6) is 0. The fourth-order valence-electron chi connectivity index (χ4n) is 1.24. The molecule has 1 heterocycles. The summed E-state index contributed by atoms with van der Waals surface area (Å²) in [5.41, 5.74) is 1.15. The smallest absolute Gasteiger partial charge is 0.0949 e. The maximum absolute atomic E-state index is 5.91. The zero-order valence-electron chi connectivity index (χ0n) is 7.32. The third kappa shape index (κ3) is 2.16. The molecule has 0 N–H and O–H groups in total. The molecular formula is C10H8BrClN2. The maximum Gasteiger partial charge on any atom is 0.0949 e. The first kappa shape index (κ1) is 9.74. The van der Waals surface area contributed by atoms with E-state index in [1.807, 2.05) is 29.0 Å². The normalized spacial score (nSPS) is 10.4. The Kier molecular flexibility index (Phi) is 2.89. The second-order valence-electron chi connectivity index (χ2n) is 2.97. The van der Waals surface area contributed by atoms with Crippen LogP contribution in [0.4, 0.5) is 0 Å². The van der Waals surface area contributed by atoms with Crippen LogP contribution in [0.1, 0.15) is 5.56 Å². The molecule has 1 aromatic carbocycles. The van der Waals surface area contributed by atoms with Gasteiger partial charge in [-0.25, -0.2) is 4.98 Å². The molecule has 2 aromatic rings. The highest BCUT2D eigenvalue weighted by Gasteiger charge is 2.01. The first-order valence-electron chi connectivity index (χ1n) is 4.15. The number of benzene rings is 1. The largest absolute Gasteiger partial charge is 0.333 e. The van der Waals surface area contributed by atoms with E-state index < -0.39 is 0 Å². The van der Waals surface area contributed by atoms with Crippen molar-refractivity contribution in [3.8, 4) is 0 Å². The zero-order valence-corrected chi connectivity index (χ0v) is 9.66. The number of imidazole rings is 1. The molecule has 14 heavy (non-hydrogen) atoms. The SMILES string of the molecule is Clc1ccc(Br)c(Cn2ccnc2)c1. The number of hydrogen-bond donors (Lipinski definition) is 0. The molecule has 1 aromatic heterocycles. The van der Waals surface area contributed by atoms with E-state index in [9.17, 15) is 0 Å². The van der Waals surface area contributed by atoms with Gasteiger partial charge in [-0.3, -0.25) is 0 Å². The van der Waals surface area contributed by atoms with Crippen LogP contribution >= 0.6 is 27.5 Å². The molecule has 0 aliphatic heterocycles. The summed E-state index contributed by atoms with van der Waals surface area (Å²) < 4.78 is 3.06. The lowest BCUT2D eigenvalue weighted by Crippen LogP contribution is -1.97. The van der Waals surface area contributed by atoms with Gasteiger partial charge in [-0.2, -0.15) is 0 Å². The van der Waals surface area contributed by atoms with Crippen molar-refractivity contribution in [3.05, 3.63) is 52.0 Å². The molecule has 0 spiro atoms. The first-order valence-corrected chi connectivity index (χ1v) is 5.32. The predicted molar refractivity (Wildman–Crippen MR) is 60.5 cm³/mol. The fraction of sp³-hybridized carbons (Fsp3) is 0.100. The lowest BCUT2D eigenvalue weighted by Gasteiger charge is -2.05. The molecule has 0 unspecified atom stereocenters. The predicted octanol–water partition coefficient (Wildman–Crippen LogP) is 3.35. The van der Waals surface area contributed by atoms with Gasteiger partial charge < -0.3 is 4.57 Å². The Bertz CT molecular complexity index is 426. The summed E-state index contributed by atoms with van der Waals surface area (Å²) in [5, 5.41) is 0.753. The van der Waals surface area contributed by atoms with Gasteiger partial charge in [0, 0.05) is 28.4 Å². The first-order chi connectivity index (χ1) is 6.75. The van der Waals surface area contributed by atoms with Crippen molar-refractivity contribution in [1.82, 2.24) is 9.55 Å². The Hall–Kier alpha value is -0.800. The molecule has 0 aliphatic carbocycles. The van der Waals surface area contributed by atoms with Crippen LogP contribution in [-0.4, -0.2) is 9.55 Å². The molecule has 2 rings (SSSR count). The van der Waals surface area contributed by atoms with Crippen molar-refractivity contribution in [3.63, 3.8) is 0 Å². The topological polar surface area (TPSA) is 17.8 Å². The minimum atomic E-state index is 0.753. The third-order valence-corrected chi connectivity index (χ3v) is 2.93. The van der Waals surface area contributed by atoms with Gasteiger partial charge in [0.2, 0.25) is 0 Å². The van der Waals surface area contributed by atoms with E-state index in [1.165, 1.54) is 0 Å². The zero-order chi connectivity index (χ0) is 9.97. The molecule has 4 heteroatoms. The van der Waals surface area contributed by atoms with E-state index in [4.69, 9.17) is 11.6 Å². The van der Waals surface area contributed by atoms with Gasteiger partial charge in [0.1, 0.15) is 0 Å². The minimum absolute atomic E-state index is 0.753. The number of halogens is 2. The van der Waals surface area contributed by atoms with Crippen molar-refractivity contribution < 1.29 is 0 Å². The van der Waals surface area contributed by atoms with Gasteiger partial charge in [-0.05, 0) is 23.8 Å². The number of aromatic nitrogens is 2. The maximum atomic E-state index is 5.91. The Morgan fingerprint density at radius 1 is 1.43 bits per heavy atom. The molecule has 0 amide bonds. The summed E-state index contributed by atoms with van der Waals surface area (Å²) in [6.07, 6.45) is 5.47. The summed E-state index contributed by atoms with van der Waals surface area (Å²) in [4.78, 5) is 3.99. The van der Waals surface area contributed by atoms with E-state index in [2.05, 4.69) is 20.9 Å². The number of nitrogens with zero attached hydrogens (tertiary/aromatic N) is 2. The van der Waals surface area contributed by atoms with E-state index in [0.717, 1.165) is 21.6 Å². The lowest BCUT2D eigenvalue weighted by molar-refractivity contribution is 0.794. The van der Waals surface area contributed by atoms with E-state index in [1.54, 1.807) is 12.5 Å². The molecule has 0 saturated heterocycles. The van der Waals surface area contributed by atoms with Crippen molar-refractivity contribution in [2.45, 2.75) is 6.54 Å². The molecule has 0 aliphatic rings. The van der Waals surface area contributed by atoms with Crippen LogP contribution in [0.25, 0.3) is 0 Å². The average Bonchev–Trinajstić information content (AvgIpc) is 2.64. The third-order valence-electron chi connectivity index (χ3n) is 1.92. The molecule has 0 fully saturated rings. The minimum Gasteiger partial charge on any atom is -0.333 e. The number of rotatable bonds is 2. The molecule has 0 atom stereocenters. The summed E-state index contributed by atoms with van der Waals surface area (Å²) in [6, 6.07) is 5.77. The summed E-state index contributed by atoms with van der Waals surface area (Å²) in [7, 11) is 0. The Morgan fingerprint density at radius 2 is 2.29 bits per heavy atom. The monoisotopic (exact) mass is 270 g/mol. The standard InChI is InChI=1S/C10H8BrClN2/c11-10-2-1-9(12)5-8(10)6-14-4-3-13-7-14/h1-5,7H,6H2. The Morgan fingerprint density at radius 3 is 3.00 bits per heavy atom. The van der Waals surface area contributed by atoms with Crippen LogP contribution in [0, 0.1) is 0 Å². The number of hydrogen-bond acceptors (Lipinski definition) is 1.